The minimum Gasteiger partial charge on any atom is -0.494 e. The van der Waals surface area contributed by atoms with Crippen LogP contribution in [0.4, 0.5) is 5.69 Å². The number of fused-ring (bicyclic) bond motifs is 1. The molecule has 0 aliphatic rings. The summed E-state index contributed by atoms with van der Waals surface area (Å²) in [5.74, 6) is 1.02. The van der Waals surface area contributed by atoms with Gasteiger partial charge < -0.3 is 10.1 Å². The Labute approximate surface area is 179 Å². The average molecular weight is 416 g/mol. The first-order valence-corrected chi connectivity index (χ1v) is 10.7. The summed E-state index contributed by atoms with van der Waals surface area (Å²) in [6, 6.07) is 25.4. The molecule has 0 radical (unpaired) electrons. The molecule has 6 heteroatoms. The second-order valence-corrected chi connectivity index (χ2v) is 7.57. The van der Waals surface area contributed by atoms with Crippen molar-refractivity contribution in [2.24, 2.45) is 0 Å². The molecule has 0 atom stereocenters. The van der Waals surface area contributed by atoms with Crippen molar-refractivity contribution < 1.29 is 9.53 Å². The monoisotopic (exact) mass is 415 g/mol. The van der Waals surface area contributed by atoms with Gasteiger partial charge in [0.1, 0.15) is 10.8 Å². The van der Waals surface area contributed by atoms with E-state index >= 15 is 0 Å². The number of nitrogens with zero attached hydrogens (tertiary/aromatic N) is 2. The number of aromatic nitrogens is 2. The molecule has 1 heterocycles. The largest absolute Gasteiger partial charge is 0.494 e. The summed E-state index contributed by atoms with van der Waals surface area (Å²) in [6.07, 6.45) is 0. The highest BCUT2D eigenvalue weighted by Gasteiger charge is 2.08. The predicted octanol–water partition coefficient (Wildman–Crippen LogP) is 5.43. The molecule has 0 aliphatic heterocycles. The summed E-state index contributed by atoms with van der Waals surface area (Å²) in [7, 11) is 0. The molecule has 5 nitrogen and oxygen atoms in total. The SMILES string of the molecule is CCOc1ccc(-c2ccc(SCC(=O)Nc3cccc4ccccc34)nn2)cc1. The van der Waals surface area contributed by atoms with E-state index in [4.69, 9.17) is 4.74 Å². The van der Waals surface area contributed by atoms with Crippen LogP contribution in [0.3, 0.4) is 0 Å². The normalized spacial score (nSPS) is 10.7. The summed E-state index contributed by atoms with van der Waals surface area (Å²) in [5, 5.41) is 14.3. The zero-order chi connectivity index (χ0) is 20.8. The molecular formula is C24H21N3O2S. The van der Waals surface area contributed by atoms with Crippen molar-refractivity contribution in [1.82, 2.24) is 10.2 Å². The standard InChI is InChI=1S/C24H21N3O2S/c1-2-29-19-12-10-18(11-13-19)21-14-15-24(27-26-21)30-16-23(28)25-22-9-5-7-17-6-3-4-8-20(17)22/h3-15H,2,16H2,1H3,(H,25,28). The van der Waals surface area contributed by atoms with E-state index in [2.05, 4.69) is 15.5 Å². The van der Waals surface area contributed by atoms with Gasteiger partial charge in [-0.3, -0.25) is 4.79 Å². The highest BCUT2D eigenvalue weighted by Crippen LogP contribution is 2.25. The average Bonchev–Trinajstić information content (AvgIpc) is 2.79. The first-order valence-electron chi connectivity index (χ1n) is 9.70. The van der Waals surface area contributed by atoms with Crippen LogP contribution in [0, 0.1) is 0 Å². The van der Waals surface area contributed by atoms with E-state index in [-0.39, 0.29) is 11.7 Å². The van der Waals surface area contributed by atoms with Gasteiger partial charge in [-0.2, -0.15) is 0 Å². The van der Waals surface area contributed by atoms with Crippen LogP contribution in [0.1, 0.15) is 6.92 Å². The Balaban J connectivity index is 1.36. The van der Waals surface area contributed by atoms with Gasteiger partial charge in [0.2, 0.25) is 5.91 Å². The third kappa shape index (κ3) is 4.78. The molecular weight excluding hydrogens is 394 g/mol. The fourth-order valence-electron chi connectivity index (χ4n) is 3.10. The number of ether oxygens (including phenoxy) is 1. The Kier molecular flexibility index (Phi) is 6.25. The number of carbonyl (C=O) groups excluding carboxylic acids is 1. The van der Waals surface area contributed by atoms with Crippen molar-refractivity contribution in [3.05, 3.63) is 78.9 Å². The van der Waals surface area contributed by atoms with E-state index in [0.29, 0.717) is 11.6 Å². The lowest BCUT2D eigenvalue weighted by molar-refractivity contribution is -0.113. The molecule has 0 saturated heterocycles. The van der Waals surface area contributed by atoms with E-state index in [1.807, 2.05) is 85.8 Å². The zero-order valence-corrected chi connectivity index (χ0v) is 17.4. The van der Waals surface area contributed by atoms with Crippen LogP contribution in [0.15, 0.2) is 83.9 Å². The topological polar surface area (TPSA) is 64.1 Å². The maximum atomic E-state index is 12.4. The van der Waals surface area contributed by atoms with Crippen LogP contribution in [0.25, 0.3) is 22.0 Å². The molecule has 1 amide bonds. The Morgan fingerprint density at radius 3 is 2.50 bits per heavy atom. The van der Waals surface area contributed by atoms with Gasteiger partial charge in [0.15, 0.2) is 0 Å². The first kappa shape index (κ1) is 19.9. The number of rotatable bonds is 7. The highest BCUT2D eigenvalue weighted by atomic mass is 32.2. The van der Waals surface area contributed by atoms with Crippen LogP contribution in [-0.4, -0.2) is 28.5 Å². The number of anilines is 1. The zero-order valence-electron chi connectivity index (χ0n) is 16.5. The quantitative estimate of drug-likeness (QED) is 0.408. The molecule has 0 bridgehead atoms. The van der Waals surface area contributed by atoms with Crippen LogP contribution >= 0.6 is 11.8 Å². The number of carbonyl (C=O) groups is 1. The second kappa shape index (κ2) is 9.41. The molecule has 4 aromatic rings. The fraction of sp³-hybridized carbons (Fsp3) is 0.125. The lowest BCUT2D eigenvalue weighted by atomic mass is 10.1. The number of benzene rings is 3. The van der Waals surface area contributed by atoms with E-state index in [1.54, 1.807) is 0 Å². The Morgan fingerprint density at radius 1 is 0.933 bits per heavy atom. The van der Waals surface area contributed by atoms with E-state index in [1.165, 1.54) is 11.8 Å². The number of thioether (sulfide) groups is 1. The minimum absolute atomic E-state index is 0.0752. The van der Waals surface area contributed by atoms with Crippen LogP contribution < -0.4 is 10.1 Å². The van der Waals surface area contributed by atoms with Crippen molar-refractivity contribution in [2.75, 3.05) is 17.7 Å². The van der Waals surface area contributed by atoms with Gasteiger partial charge in [-0.1, -0.05) is 48.2 Å². The van der Waals surface area contributed by atoms with E-state index in [9.17, 15) is 4.79 Å². The summed E-state index contributed by atoms with van der Waals surface area (Å²) in [5.41, 5.74) is 2.56. The molecule has 150 valence electrons. The Bertz CT molecular complexity index is 1140. The number of hydrogen-bond donors (Lipinski definition) is 1. The van der Waals surface area contributed by atoms with Gasteiger partial charge in [0, 0.05) is 16.6 Å². The van der Waals surface area contributed by atoms with Crippen molar-refractivity contribution in [3.63, 3.8) is 0 Å². The Hall–Kier alpha value is -3.38. The third-order valence-corrected chi connectivity index (χ3v) is 5.44. The smallest absolute Gasteiger partial charge is 0.234 e. The molecule has 0 saturated carbocycles. The highest BCUT2D eigenvalue weighted by molar-refractivity contribution is 7.99. The van der Waals surface area contributed by atoms with Crippen LogP contribution in [0.5, 0.6) is 5.75 Å². The van der Waals surface area contributed by atoms with Crippen molar-refractivity contribution >= 4 is 34.1 Å². The summed E-state index contributed by atoms with van der Waals surface area (Å²) < 4.78 is 5.46. The van der Waals surface area contributed by atoms with Crippen molar-refractivity contribution in [3.8, 4) is 17.0 Å². The summed E-state index contributed by atoms with van der Waals surface area (Å²) in [6.45, 7) is 2.59. The predicted molar refractivity (Wildman–Crippen MR) is 122 cm³/mol. The van der Waals surface area contributed by atoms with Gasteiger partial charge in [0.25, 0.3) is 0 Å². The minimum atomic E-state index is -0.0752. The number of amides is 1. The number of nitrogens with one attached hydrogen (secondary N) is 1. The molecule has 0 spiro atoms. The third-order valence-electron chi connectivity index (χ3n) is 4.52. The summed E-state index contributed by atoms with van der Waals surface area (Å²) >= 11 is 1.36. The van der Waals surface area contributed by atoms with Gasteiger partial charge in [-0.15, -0.1) is 10.2 Å². The van der Waals surface area contributed by atoms with Gasteiger partial charge in [-0.05, 0) is 54.8 Å². The van der Waals surface area contributed by atoms with Gasteiger partial charge in [-0.25, -0.2) is 0 Å². The molecule has 1 aromatic heterocycles. The summed E-state index contributed by atoms with van der Waals surface area (Å²) in [4.78, 5) is 12.4. The Morgan fingerprint density at radius 2 is 1.73 bits per heavy atom. The van der Waals surface area contributed by atoms with Crippen molar-refractivity contribution in [1.29, 1.82) is 0 Å². The van der Waals surface area contributed by atoms with Crippen LogP contribution in [-0.2, 0) is 4.79 Å². The van der Waals surface area contributed by atoms with E-state index < -0.39 is 0 Å². The second-order valence-electron chi connectivity index (χ2n) is 6.58. The molecule has 30 heavy (non-hydrogen) atoms. The number of hydrogen-bond acceptors (Lipinski definition) is 5. The molecule has 0 aliphatic carbocycles. The maximum absolute atomic E-state index is 12.4. The van der Waals surface area contributed by atoms with E-state index in [0.717, 1.165) is 33.5 Å². The lowest BCUT2D eigenvalue weighted by Gasteiger charge is -2.08. The lowest BCUT2D eigenvalue weighted by Crippen LogP contribution is -2.14. The molecule has 1 N–H and O–H groups in total. The first-order chi connectivity index (χ1) is 14.7. The molecule has 3 aromatic carbocycles. The van der Waals surface area contributed by atoms with Gasteiger partial charge in [0.05, 0.1) is 18.1 Å². The molecule has 4 rings (SSSR count). The fourth-order valence-corrected chi connectivity index (χ4v) is 3.71. The van der Waals surface area contributed by atoms with Crippen LogP contribution in [0.2, 0.25) is 0 Å². The van der Waals surface area contributed by atoms with Crippen molar-refractivity contribution in [2.45, 2.75) is 11.9 Å². The van der Waals surface area contributed by atoms with Gasteiger partial charge >= 0.3 is 0 Å². The molecule has 0 fully saturated rings. The molecule has 0 unspecified atom stereocenters. The maximum Gasteiger partial charge on any atom is 0.234 e.